The number of benzene rings is 1. The van der Waals surface area contributed by atoms with Crippen LogP contribution in [-0.4, -0.2) is 15.5 Å². The Bertz CT molecular complexity index is 574. The molecule has 2 aromatic rings. The van der Waals surface area contributed by atoms with Crippen molar-refractivity contribution in [2.45, 2.75) is 19.9 Å². The van der Waals surface area contributed by atoms with Crippen molar-refractivity contribution in [3.63, 3.8) is 0 Å². The number of carbonyl (C=O) groups excluding carboxylic acids is 1. The number of aromatic nitrogens is 2. The molecule has 1 aromatic heterocycles. The molecule has 5 nitrogen and oxygen atoms in total. The Morgan fingerprint density at radius 3 is 2.83 bits per heavy atom. The van der Waals surface area contributed by atoms with Gasteiger partial charge in [-0.15, -0.1) is 0 Å². The van der Waals surface area contributed by atoms with Crippen LogP contribution in [-0.2, 0) is 13.0 Å². The maximum absolute atomic E-state index is 11.0. The van der Waals surface area contributed by atoms with Crippen molar-refractivity contribution in [3.05, 3.63) is 47.5 Å². The highest BCUT2D eigenvalue weighted by Crippen LogP contribution is 2.16. The summed E-state index contributed by atoms with van der Waals surface area (Å²) in [6, 6.07) is 5.13. The second-order valence-corrected chi connectivity index (χ2v) is 4.10. The molecule has 94 valence electrons. The van der Waals surface area contributed by atoms with E-state index in [1.807, 2.05) is 16.8 Å². The molecular weight excluding hydrogens is 228 g/mol. The predicted molar refractivity (Wildman–Crippen MR) is 70.1 cm³/mol. The number of rotatable bonds is 4. The number of aryl methyl sites for hydroxylation is 1. The second-order valence-electron chi connectivity index (χ2n) is 4.10. The number of nitrogen functional groups attached to an aromatic ring is 1. The van der Waals surface area contributed by atoms with E-state index < -0.39 is 5.91 Å². The van der Waals surface area contributed by atoms with Gasteiger partial charge in [-0.05, 0) is 17.7 Å². The van der Waals surface area contributed by atoms with Gasteiger partial charge >= 0.3 is 0 Å². The highest BCUT2D eigenvalue weighted by molar-refractivity contribution is 5.93. The summed E-state index contributed by atoms with van der Waals surface area (Å²) in [5.41, 5.74) is 13.1. The lowest BCUT2D eigenvalue weighted by molar-refractivity contribution is 0.100. The largest absolute Gasteiger partial charge is 0.398 e. The van der Waals surface area contributed by atoms with Gasteiger partial charge in [0.1, 0.15) is 5.82 Å². The fourth-order valence-electron chi connectivity index (χ4n) is 1.87. The number of imidazole rings is 1. The molecule has 5 heteroatoms. The van der Waals surface area contributed by atoms with Crippen molar-refractivity contribution in [2.75, 3.05) is 5.73 Å². The van der Waals surface area contributed by atoms with Crippen LogP contribution in [0.1, 0.15) is 28.7 Å². The van der Waals surface area contributed by atoms with Crippen LogP contribution in [0.2, 0.25) is 0 Å². The average Bonchev–Trinajstić information content (AvgIpc) is 2.78. The van der Waals surface area contributed by atoms with Gasteiger partial charge < -0.3 is 16.0 Å². The van der Waals surface area contributed by atoms with E-state index in [4.69, 9.17) is 11.5 Å². The molecule has 2 rings (SSSR count). The molecule has 0 radical (unpaired) electrons. The van der Waals surface area contributed by atoms with Gasteiger partial charge in [0.05, 0.1) is 6.54 Å². The van der Waals surface area contributed by atoms with E-state index in [1.165, 1.54) is 0 Å². The Balaban J connectivity index is 2.27. The topological polar surface area (TPSA) is 86.9 Å². The van der Waals surface area contributed by atoms with Gasteiger partial charge in [0.15, 0.2) is 0 Å². The molecule has 18 heavy (non-hydrogen) atoms. The number of hydrogen-bond donors (Lipinski definition) is 2. The fraction of sp³-hybridized carbons (Fsp3) is 0.231. The molecule has 0 bridgehead atoms. The molecule has 1 amide bonds. The Hall–Kier alpha value is -2.30. The SMILES string of the molecule is CCc1nccn1Cc1ccc(C(N)=O)cc1N. The minimum Gasteiger partial charge on any atom is -0.398 e. The van der Waals surface area contributed by atoms with E-state index in [2.05, 4.69) is 11.9 Å². The van der Waals surface area contributed by atoms with Crippen molar-refractivity contribution in [1.82, 2.24) is 9.55 Å². The molecular formula is C13H16N4O. The zero-order valence-corrected chi connectivity index (χ0v) is 10.3. The normalized spacial score (nSPS) is 10.5. The summed E-state index contributed by atoms with van der Waals surface area (Å²) in [5, 5.41) is 0. The number of anilines is 1. The van der Waals surface area contributed by atoms with Gasteiger partial charge in [0, 0.05) is 30.1 Å². The number of nitrogens with two attached hydrogens (primary N) is 2. The summed E-state index contributed by atoms with van der Waals surface area (Å²) in [4.78, 5) is 15.3. The molecule has 0 aliphatic heterocycles. The van der Waals surface area contributed by atoms with Gasteiger partial charge in [0.25, 0.3) is 0 Å². The Morgan fingerprint density at radius 2 is 2.22 bits per heavy atom. The highest BCUT2D eigenvalue weighted by atomic mass is 16.1. The van der Waals surface area contributed by atoms with Gasteiger partial charge in [-0.25, -0.2) is 4.98 Å². The Kier molecular flexibility index (Phi) is 3.32. The molecule has 4 N–H and O–H groups in total. The lowest BCUT2D eigenvalue weighted by Gasteiger charge is -2.10. The van der Waals surface area contributed by atoms with Crippen LogP contribution in [0.25, 0.3) is 0 Å². The lowest BCUT2D eigenvalue weighted by Crippen LogP contribution is -2.12. The van der Waals surface area contributed by atoms with E-state index in [-0.39, 0.29) is 0 Å². The number of carbonyl (C=O) groups is 1. The average molecular weight is 244 g/mol. The molecule has 0 fully saturated rings. The standard InChI is InChI=1S/C13H16N4O/c1-2-12-16-5-6-17(12)8-10-4-3-9(13(15)18)7-11(10)14/h3-7H,2,8,14H2,1H3,(H2,15,18). The van der Waals surface area contributed by atoms with E-state index >= 15 is 0 Å². The van der Waals surface area contributed by atoms with Crippen LogP contribution in [0.5, 0.6) is 0 Å². The quantitative estimate of drug-likeness (QED) is 0.791. The van der Waals surface area contributed by atoms with Crippen molar-refractivity contribution in [1.29, 1.82) is 0 Å². The Morgan fingerprint density at radius 1 is 1.44 bits per heavy atom. The minimum atomic E-state index is -0.467. The number of primary amides is 1. The summed E-state index contributed by atoms with van der Waals surface area (Å²) in [5.74, 6) is 0.540. The lowest BCUT2D eigenvalue weighted by atomic mass is 10.1. The Labute approximate surface area is 105 Å². The van der Waals surface area contributed by atoms with Crippen LogP contribution in [0.4, 0.5) is 5.69 Å². The van der Waals surface area contributed by atoms with E-state index in [0.29, 0.717) is 17.8 Å². The molecule has 0 spiro atoms. The third-order valence-corrected chi connectivity index (χ3v) is 2.89. The third-order valence-electron chi connectivity index (χ3n) is 2.89. The van der Waals surface area contributed by atoms with E-state index in [1.54, 1.807) is 18.3 Å². The molecule has 1 aromatic carbocycles. The summed E-state index contributed by atoms with van der Waals surface area (Å²) < 4.78 is 2.04. The third kappa shape index (κ3) is 2.34. The molecule has 0 aliphatic carbocycles. The summed E-state index contributed by atoms with van der Waals surface area (Å²) in [6.07, 6.45) is 4.55. The fourth-order valence-corrected chi connectivity index (χ4v) is 1.87. The first-order chi connectivity index (χ1) is 8.61. The first-order valence-corrected chi connectivity index (χ1v) is 5.80. The maximum Gasteiger partial charge on any atom is 0.248 e. The van der Waals surface area contributed by atoms with Crippen molar-refractivity contribution >= 4 is 11.6 Å². The molecule has 0 saturated heterocycles. The van der Waals surface area contributed by atoms with Gasteiger partial charge in [-0.2, -0.15) is 0 Å². The molecule has 1 heterocycles. The van der Waals surface area contributed by atoms with Crippen molar-refractivity contribution < 1.29 is 4.79 Å². The number of hydrogen-bond acceptors (Lipinski definition) is 3. The van der Waals surface area contributed by atoms with Crippen LogP contribution < -0.4 is 11.5 Å². The zero-order chi connectivity index (χ0) is 13.1. The molecule has 0 unspecified atom stereocenters. The number of nitrogens with zero attached hydrogens (tertiary/aromatic N) is 2. The smallest absolute Gasteiger partial charge is 0.248 e. The van der Waals surface area contributed by atoms with Crippen LogP contribution in [0.15, 0.2) is 30.6 Å². The maximum atomic E-state index is 11.0. The first-order valence-electron chi connectivity index (χ1n) is 5.80. The van der Waals surface area contributed by atoms with Crippen LogP contribution in [0.3, 0.4) is 0 Å². The monoisotopic (exact) mass is 244 g/mol. The first kappa shape index (κ1) is 12.2. The zero-order valence-electron chi connectivity index (χ0n) is 10.3. The molecule has 0 saturated carbocycles. The van der Waals surface area contributed by atoms with Gasteiger partial charge in [-0.1, -0.05) is 13.0 Å². The second kappa shape index (κ2) is 4.91. The predicted octanol–water partition coefficient (Wildman–Crippen LogP) is 1.17. The number of amides is 1. The van der Waals surface area contributed by atoms with Gasteiger partial charge in [-0.3, -0.25) is 4.79 Å². The summed E-state index contributed by atoms with van der Waals surface area (Å²) in [7, 11) is 0. The van der Waals surface area contributed by atoms with Crippen LogP contribution >= 0.6 is 0 Å². The summed E-state index contributed by atoms with van der Waals surface area (Å²) >= 11 is 0. The minimum absolute atomic E-state index is 0.428. The van der Waals surface area contributed by atoms with Crippen LogP contribution in [0, 0.1) is 0 Å². The van der Waals surface area contributed by atoms with Crippen molar-refractivity contribution in [2.24, 2.45) is 5.73 Å². The molecule has 0 aliphatic rings. The van der Waals surface area contributed by atoms with E-state index in [9.17, 15) is 4.79 Å². The molecule has 0 atom stereocenters. The van der Waals surface area contributed by atoms with E-state index in [0.717, 1.165) is 17.8 Å². The summed E-state index contributed by atoms with van der Waals surface area (Å²) in [6.45, 7) is 2.70. The van der Waals surface area contributed by atoms with Crippen molar-refractivity contribution in [3.8, 4) is 0 Å². The van der Waals surface area contributed by atoms with Gasteiger partial charge in [0.2, 0.25) is 5.91 Å². The highest BCUT2D eigenvalue weighted by Gasteiger charge is 2.07.